The van der Waals surface area contributed by atoms with Crippen LogP contribution in [0.3, 0.4) is 0 Å². The number of carbonyl (C=O) groups excluding carboxylic acids is 1. The molecule has 1 aliphatic heterocycles. The van der Waals surface area contributed by atoms with Crippen molar-refractivity contribution in [3.63, 3.8) is 0 Å². The molecule has 1 saturated heterocycles. The minimum atomic E-state index is -4.04. The zero-order valence-corrected chi connectivity index (χ0v) is 23.7. The standard InChI is InChI=1S/C28H33N3O5S2/c1-21-6-11-25(12-7-21)37(33,34)30-17-15-29(16-18-30)28(32)20-31(27-19-23(3)5-10-24(27)4)38(35,36)26-13-8-22(2)9-14-26/h5-14,19H,15-18,20H2,1-4H3. The van der Waals surface area contributed by atoms with Crippen molar-refractivity contribution in [3.05, 3.63) is 89.0 Å². The Labute approximate surface area is 225 Å². The molecule has 0 aromatic heterocycles. The normalized spacial score (nSPS) is 14.9. The third-order valence-corrected chi connectivity index (χ3v) is 10.5. The molecule has 0 spiro atoms. The van der Waals surface area contributed by atoms with Crippen LogP contribution in [0.4, 0.5) is 5.69 Å². The lowest BCUT2D eigenvalue weighted by atomic mass is 10.1. The summed E-state index contributed by atoms with van der Waals surface area (Å²) in [4.78, 5) is 15.3. The average Bonchev–Trinajstić information content (AvgIpc) is 2.89. The number of amides is 1. The molecule has 8 nitrogen and oxygen atoms in total. The summed E-state index contributed by atoms with van der Waals surface area (Å²) in [5.41, 5.74) is 3.94. The molecule has 1 fully saturated rings. The maximum Gasteiger partial charge on any atom is 0.264 e. The van der Waals surface area contributed by atoms with Gasteiger partial charge in [0.1, 0.15) is 6.54 Å². The third-order valence-electron chi connectivity index (χ3n) is 6.77. The number of rotatable bonds is 7. The van der Waals surface area contributed by atoms with Crippen LogP contribution in [-0.2, 0) is 24.8 Å². The molecule has 202 valence electrons. The van der Waals surface area contributed by atoms with E-state index in [-0.39, 0.29) is 48.4 Å². The Hall–Kier alpha value is -3.21. The lowest BCUT2D eigenvalue weighted by Gasteiger charge is -2.35. The van der Waals surface area contributed by atoms with Gasteiger partial charge in [-0.25, -0.2) is 16.8 Å². The summed E-state index contributed by atoms with van der Waals surface area (Å²) in [6, 6.07) is 18.7. The first-order valence-corrected chi connectivity index (χ1v) is 15.3. The number of hydrogen-bond donors (Lipinski definition) is 0. The number of benzene rings is 3. The molecule has 1 aliphatic rings. The lowest BCUT2D eigenvalue weighted by molar-refractivity contribution is -0.130. The van der Waals surface area contributed by atoms with Crippen LogP contribution in [0.25, 0.3) is 0 Å². The molecule has 0 N–H and O–H groups in total. The van der Waals surface area contributed by atoms with Gasteiger partial charge in [0.15, 0.2) is 0 Å². The Balaban J connectivity index is 1.56. The van der Waals surface area contributed by atoms with Gasteiger partial charge >= 0.3 is 0 Å². The quantitative estimate of drug-likeness (QED) is 0.444. The van der Waals surface area contributed by atoms with Crippen molar-refractivity contribution in [3.8, 4) is 0 Å². The summed E-state index contributed by atoms with van der Waals surface area (Å²) in [5, 5.41) is 0. The van der Waals surface area contributed by atoms with Gasteiger partial charge in [-0.2, -0.15) is 4.31 Å². The summed E-state index contributed by atoms with van der Waals surface area (Å²) in [6.07, 6.45) is 0. The summed E-state index contributed by atoms with van der Waals surface area (Å²) in [7, 11) is -7.72. The Bertz CT molecular complexity index is 1530. The van der Waals surface area contributed by atoms with Crippen molar-refractivity contribution in [2.75, 3.05) is 37.0 Å². The fourth-order valence-corrected chi connectivity index (χ4v) is 7.28. The van der Waals surface area contributed by atoms with Crippen molar-refractivity contribution >= 4 is 31.6 Å². The number of hydrogen-bond acceptors (Lipinski definition) is 5. The van der Waals surface area contributed by atoms with Crippen molar-refractivity contribution in [2.24, 2.45) is 0 Å². The van der Waals surface area contributed by atoms with Crippen LogP contribution in [0, 0.1) is 27.7 Å². The maximum atomic E-state index is 13.8. The predicted octanol–water partition coefficient (Wildman–Crippen LogP) is 3.65. The van der Waals surface area contributed by atoms with E-state index in [0.29, 0.717) is 5.69 Å². The van der Waals surface area contributed by atoms with E-state index >= 15 is 0 Å². The van der Waals surface area contributed by atoms with E-state index < -0.39 is 20.0 Å². The molecule has 38 heavy (non-hydrogen) atoms. The van der Waals surface area contributed by atoms with E-state index in [2.05, 4.69) is 0 Å². The molecular formula is C28H33N3O5S2. The van der Waals surface area contributed by atoms with Gasteiger partial charge in [-0.1, -0.05) is 47.5 Å². The highest BCUT2D eigenvalue weighted by molar-refractivity contribution is 7.92. The topological polar surface area (TPSA) is 95.1 Å². The summed E-state index contributed by atoms with van der Waals surface area (Å²) < 4.78 is 56.2. The number of sulfonamides is 2. The van der Waals surface area contributed by atoms with Gasteiger partial charge in [-0.05, 0) is 69.2 Å². The first-order valence-electron chi connectivity index (χ1n) is 12.4. The Morgan fingerprint density at radius 2 is 1.21 bits per heavy atom. The van der Waals surface area contributed by atoms with Gasteiger partial charge in [0.05, 0.1) is 15.5 Å². The van der Waals surface area contributed by atoms with Crippen LogP contribution in [0.2, 0.25) is 0 Å². The van der Waals surface area contributed by atoms with Crippen molar-refractivity contribution in [1.82, 2.24) is 9.21 Å². The molecule has 4 rings (SSSR count). The molecule has 1 heterocycles. The number of carbonyl (C=O) groups is 1. The first kappa shape index (κ1) is 27.8. The highest BCUT2D eigenvalue weighted by Crippen LogP contribution is 2.28. The predicted molar refractivity (Wildman–Crippen MR) is 148 cm³/mol. The van der Waals surface area contributed by atoms with Crippen LogP contribution in [0.15, 0.2) is 76.5 Å². The third kappa shape index (κ3) is 5.77. The molecule has 0 unspecified atom stereocenters. The van der Waals surface area contributed by atoms with E-state index in [1.165, 1.54) is 9.21 Å². The molecule has 10 heteroatoms. The fourth-order valence-electron chi connectivity index (χ4n) is 4.39. The Morgan fingerprint density at radius 3 is 1.76 bits per heavy atom. The average molecular weight is 556 g/mol. The molecule has 0 saturated carbocycles. The van der Waals surface area contributed by atoms with E-state index in [1.807, 2.05) is 39.8 Å². The second-order valence-electron chi connectivity index (χ2n) is 9.71. The largest absolute Gasteiger partial charge is 0.338 e. The van der Waals surface area contributed by atoms with Crippen LogP contribution in [0.5, 0.6) is 0 Å². The highest BCUT2D eigenvalue weighted by Gasteiger charge is 2.33. The van der Waals surface area contributed by atoms with Crippen molar-refractivity contribution in [1.29, 1.82) is 0 Å². The molecule has 3 aromatic rings. The Morgan fingerprint density at radius 1 is 0.711 bits per heavy atom. The number of nitrogens with zero attached hydrogens (tertiary/aromatic N) is 3. The molecule has 0 bridgehead atoms. The fraction of sp³-hybridized carbons (Fsp3) is 0.321. The zero-order valence-electron chi connectivity index (χ0n) is 22.1. The van der Waals surface area contributed by atoms with Gasteiger partial charge in [0.2, 0.25) is 15.9 Å². The summed E-state index contributed by atoms with van der Waals surface area (Å²) >= 11 is 0. The molecular weight excluding hydrogens is 522 g/mol. The van der Waals surface area contributed by atoms with Crippen LogP contribution in [0.1, 0.15) is 22.3 Å². The van der Waals surface area contributed by atoms with Gasteiger partial charge in [-0.3, -0.25) is 9.10 Å². The molecule has 0 atom stereocenters. The van der Waals surface area contributed by atoms with Crippen molar-refractivity contribution < 1.29 is 21.6 Å². The smallest absolute Gasteiger partial charge is 0.264 e. The van der Waals surface area contributed by atoms with Gasteiger partial charge in [-0.15, -0.1) is 0 Å². The molecule has 1 amide bonds. The summed E-state index contributed by atoms with van der Waals surface area (Å²) in [6.45, 7) is 7.69. The van der Waals surface area contributed by atoms with E-state index in [1.54, 1.807) is 54.6 Å². The minimum absolute atomic E-state index is 0.103. The van der Waals surface area contributed by atoms with E-state index in [9.17, 15) is 21.6 Å². The number of anilines is 1. The number of piperazine rings is 1. The Kier molecular flexibility index (Phi) is 7.96. The summed E-state index contributed by atoms with van der Waals surface area (Å²) in [5.74, 6) is -0.381. The first-order chi connectivity index (χ1) is 17.9. The minimum Gasteiger partial charge on any atom is -0.338 e. The monoisotopic (exact) mass is 555 g/mol. The van der Waals surface area contributed by atoms with Gasteiger partial charge in [0.25, 0.3) is 10.0 Å². The van der Waals surface area contributed by atoms with Crippen LogP contribution < -0.4 is 4.31 Å². The van der Waals surface area contributed by atoms with E-state index in [4.69, 9.17) is 0 Å². The van der Waals surface area contributed by atoms with Gasteiger partial charge in [0, 0.05) is 26.2 Å². The number of aryl methyl sites for hydroxylation is 4. The van der Waals surface area contributed by atoms with Crippen molar-refractivity contribution in [2.45, 2.75) is 37.5 Å². The van der Waals surface area contributed by atoms with Crippen LogP contribution in [-0.4, -0.2) is 64.7 Å². The second-order valence-corrected chi connectivity index (χ2v) is 13.5. The van der Waals surface area contributed by atoms with Crippen LogP contribution >= 0.6 is 0 Å². The van der Waals surface area contributed by atoms with E-state index in [0.717, 1.165) is 26.6 Å². The van der Waals surface area contributed by atoms with Gasteiger partial charge < -0.3 is 4.90 Å². The highest BCUT2D eigenvalue weighted by atomic mass is 32.2. The lowest BCUT2D eigenvalue weighted by Crippen LogP contribution is -2.53. The molecule has 0 aliphatic carbocycles. The zero-order chi connectivity index (χ0) is 27.7. The second kappa shape index (κ2) is 10.9. The SMILES string of the molecule is Cc1ccc(S(=O)(=O)N2CCN(C(=O)CN(c3cc(C)ccc3C)S(=O)(=O)c3ccc(C)cc3)CC2)cc1. The molecule has 0 radical (unpaired) electrons. The maximum absolute atomic E-state index is 13.8. The molecule has 3 aromatic carbocycles.